The Balaban J connectivity index is 1.99. The molecule has 1 atom stereocenters. The summed E-state index contributed by atoms with van der Waals surface area (Å²) in [7, 11) is 1.56. The number of ether oxygens (including phenoxy) is 1. The molecule has 0 bridgehead atoms. The van der Waals surface area contributed by atoms with Crippen LogP contribution in [0.5, 0.6) is 5.75 Å². The lowest BCUT2D eigenvalue weighted by atomic mass is 10.0. The number of methoxy groups -OCH3 is 1. The van der Waals surface area contributed by atoms with Crippen molar-refractivity contribution in [3.05, 3.63) is 65.2 Å². The summed E-state index contributed by atoms with van der Waals surface area (Å²) >= 11 is 0. The van der Waals surface area contributed by atoms with Crippen LogP contribution in [0.3, 0.4) is 0 Å². The van der Waals surface area contributed by atoms with E-state index in [2.05, 4.69) is 15.8 Å². The van der Waals surface area contributed by atoms with Gasteiger partial charge in [0.2, 0.25) is 0 Å². The SMILES string of the molecule is COc1ccc(C(=O)NC(C(=O)NN=Cc2ccc(C)cc2)C(C)C)cc1. The zero-order valence-electron chi connectivity index (χ0n) is 16.0. The maximum Gasteiger partial charge on any atom is 0.262 e. The third kappa shape index (κ3) is 5.95. The highest BCUT2D eigenvalue weighted by atomic mass is 16.5. The second kappa shape index (κ2) is 9.52. The Morgan fingerprint density at radius 2 is 1.67 bits per heavy atom. The highest BCUT2D eigenvalue weighted by Gasteiger charge is 2.24. The number of nitrogens with one attached hydrogen (secondary N) is 2. The first kappa shape index (κ1) is 20.2. The third-order valence-corrected chi connectivity index (χ3v) is 4.05. The molecular weight excluding hydrogens is 342 g/mol. The monoisotopic (exact) mass is 367 g/mol. The highest BCUT2D eigenvalue weighted by Crippen LogP contribution is 2.12. The fourth-order valence-electron chi connectivity index (χ4n) is 2.39. The standard InChI is InChI=1S/C21H25N3O3/c1-14(2)19(23-20(25)17-9-11-18(27-4)12-10-17)21(26)24-22-13-16-7-5-15(3)6-8-16/h5-14,19H,1-4H3,(H,23,25)(H,24,26). The van der Waals surface area contributed by atoms with Gasteiger partial charge in [-0.05, 0) is 42.7 Å². The molecular formula is C21H25N3O3. The highest BCUT2D eigenvalue weighted by molar-refractivity contribution is 5.97. The molecule has 0 heterocycles. The molecule has 0 radical (unpaired) electrons. The van der Waals surface area contributed by atoms with E-state index in [1.165, 1.54) is 0 Å². The van der Waals surface area contributed by atoms with Crippen LogP contribution >= 0.6 is 0 Å². The largest absolute Gasteiger partial charge is 0.497 e. The van der Waals surface area contributed by atoms with Gasteiger partial charge in [-0.3, -0.25) is 9.59 Å². The number of aryl methyl sites for hydroxylation is 1. The molecule has 6 nitrogen and oxygen atoms in total. The average molecular weight is 367 g/mol. The number of hydrogen-bond acceptors (Lipinski definition) is 4. The fourth-order valence-corrected chi connectivity index (χ4v) is 2.39. The first-order chi connectivity index (χ1) is 12.9. The van der Waals surface area contributed by atoms with Gasteiger partial charge in [0.15, 0.2) is 0 Å². The van der Waals surface area contributed by atoms with Gasteiger partial charge in [-0.2, -0.15) is 5.10 Å². The third-order valence-electron chi connectivity index (χ3n) is 4.05. The van der Waals surface area contributed by atoms with E-state index in [4.69, 9.17) is 4.74 Å². The first-order valence-corrected chi connectivity index (χ1v) is 8.75. The molecule has 2 aromatic carbocycles. The van der Waals surface area contributed by atoms with Crippen LogP contribution in [-0.4, -0.2) is 31.2 Å². The van der Waals surface area contributed by atoms with Crippen molar-refractivity contribution in [1.82, 2.24) is 10.7 Å². The minimum absolute atomic E-state index is 0.0956. The van der Waals surface area contributed by atoms with E-state index >= 15 is 0 Å². The van der Waals surface area contributed by atoms with Crippen molar-refractivity contribution in [2.24, 2.45) is 11.0 Å². The topological polar surface area (TPSA) is 79.8 Å². The summed E-state index contributed by atoms with van der Waals surface area (Å²) in [6.45, 7) is 5.73. The maximum atomic E-state index is 12.4. The number of nitrogens with zero attached hydrogens (tertiary/aromatic N) is 1. The Morgan fingerprint density at radius 3 is 2.22 bits per heavy atom. The Morgan fingerprint density at radius 1 is 1.04 bits per heavy atom. The van der Waals surface area contributed by atoms with Crippen molar-refractivity contribution in [1.29, 1.82) is 0 Å². The van der Waals surface area contributed by atoms with E-state index < -0.39 is 6.04 Å². The van der Waals surface area contributed by atoms with Crippen molar-refractivity contribution >= 4 is 18.0 Å². The van der Waals surface area contributed by atoms with Crippen LogP contribution in [0.25, 0.3) is 0 Å². The molecule has 2 N–H and O–H groups in total. The number of amides is 2. The second-order valence-corrected chi connectivity index (χ2v) is 6.57. The smallest absolute Gasteiger partial charge is 0.262 e. The van der Waals surface area contributed by atoms with Crippen LogP contribution in [0.1, 0.15) is 35.3 Å². The van der Waals surface area contributed by atoms with Gasteiger partial charge < -0.3 is 10.1 Å². The van der Waals surface area contributed by atoms with Gasteiger partial charge in [-0.25, -0.2) is 5.43 Å². The number of benzene rings is 2. The van der Waals surface area contributed by atoms with Gasteiger partial charge in [0, 0.05) is 5.56 Å². The molecule has 142 valence electrons. The molecule has 1 unspecified atom stereocenters. The molecule has 0 saturated heterocycles. The van der Waals surface area contributed by atoms with Gasteiger partial charge >= 0.3 is 0 Å². The number of hydrogen-bond donors (Lipinski definition) is 2. The lowest BCUT2D eigenvalue weighted by Crippen LogP contribution is -2.48. The first-order valence-electron chi connectivity index (χ1n) is 8.75. The van der Waals surface area contributed by atoms with Crippen molar-refractivity contribution in [2.75, 3.05) is 7.11 Å². The van der Waals surface area contributed by atoms with E-state index in [1.54, 1.807) is 37.6 Å². The van der Waals surface area contributed by atoms with Crippen LogP contribution < -0.4 is 15.5 Å². The molecule has 0 aliphatic heterocycles. The minimum Gasteiger partial charge on any atom is -0.497 e. The van der Waals surface area contributed by atoms with Gasteiger partial charge in [0.05, 0.1) is 13.3 Å². The summed E-state index contributed by atoms with van der Waals surface area (Å²) in [6, 6.07) is 13.8. The van der Waals surface area contributed by atoms with Gasteiger partial charge in [-0.15, -0.1) is 0 Å². The van der Waals surface area contributed by atoms with Crippen molar-refractivity contribution in [3.8, 4) is 5.75 Å². The van der Waals surface area contributed by atoms with Crippen molar-refractivity contribution in [2.45, 2.75) is 26.8 Å². The summed E-state index contributed by atoms with van der Waals surface area (Å²) in [5.74, 6) is -0.124. The lowest BCUT2D eigenvalue weighted by molar-refractivity contribution is -0.123. The Hall–Kier alpha value is -3.15. The average Bonchev–Trinajstić information content (AvgIpc) is 2.67. The van der Waals surface area contributed by atoms with E-state index in [0.29, 0.717) is 11.3 Å². The van der Waals surface area contributed by atoms with Gasteiger partial charge in [0.1, 0.15) is 11.8 Å². The van der Waals surface area contributed by atoms with E-state index in [0.717, 1.165) is 11.1 Å². The van der Waals surface area contributed by atoms with E-state index in [-0.39, 0.29) is 17.7 Å². The molecule has 27 heavy (non-hydrogen) atoms. The number of rotatable bonds is 7. The lowest BCUT2D eigenvalue weighted by Gasteiger charge is -2.20. The van der Waals surface area contributed by atoms with Crippen molar-refractivity contribution in [3.63, 3.8) is 0 Å². The second-order valence-electron chi connectivity index (χ2n) is 6.57. The molecule has 0 spiro atoms. The molecule has 0 saturated carbocycles. The Kier molecular flexibility index (Phi) is 7.11. The summed E-state index contributed by atoms with van der Waals surface area (Å²) in [6.07, 6.45) is 1.57. The molecule has 2 rings (SSSR count). The van der Waals surface area contributed by atoms with Crippen LogP contribution in [0.4, 0.5) is 0 Å². The van der Waals surface area contributed by atoms with Gasteiger partial charge in [-0.1, -0.05) is 43.7 Å². The molecule has 0 aliphatic carbocycles. The Labute approximate surface area is 159 Å². The van der Waals surface area contributed by atoms with Crippen LogP contribution in [0.2, 0.25) is 0 Å². The molecule has 0 fully saturated rings. The molecule has 6 heteroatoms. The fraction of sp³-hybridized carbons (Fsp3) is 0.286. The predicted molar refractivity (Wildman–Crippen MR) is 106 cm³/mol. The van der Waals surface area contributed by atoms with Crippen molar-refractivity contribution < 1.29 is 14.3 Å². The molecule has 2 amide bonds. The Bertz CT molecular complexity index is 796. The molecule has 0 aliphatic rings. The van der Waals surface area contributed by atoms with Gasteiger partial charge in [0.25, 0.3) is 11.8 Å². The predicted octanol–water partition coefficient (Wildman–Crippen LogP) is 2.91. The van der Waals surface area contributed by atoms with Crippen LogP contribution in [0, 0.1) is 12.8 Å². The van der Waals surface area contributed by atoms with Crippen LogP contribution in [-0.2, 0) is 4.79 Å². The van der Waals surface area contributed by atoms with Crippen LogP contribution in [0.15, 0.2) is 53.6 Å². The molecule has 0 aromatic heterocycles. The summed E-state index contributed by atoms with van der Waals surface area (Å²) in [5, 5.41) is 6.75. The summed E-state index contributed by atoms with van der Waals surface area (Å²) in [5.41, 5.74) is 4.98. The zero-order valence-corrected chi connectivity index (χ0v) is 16.0. The minimum atomic E-state index is -0.699. The normalized spacial score (nSPS) is 12.0. The van der Waals surface area contributed by atoms with E-state index in [1.807, 2.05) is 45.0 Å². The summed E-state index contributed by atoms with van der Waals surface area (Å²) in [4.78, 5) is 24.9. The molecule has 2 aromatic rings. The number of hydrazone groups is 1. The van der Waals surface area contributed by atoms with E-state index in [9.17, 15) is 9.59 Å². The number of carbonyl (C=O) groups excluding carboxylic acids is 2. The maximum absolute atomic E-state index is 12.4. The summed E-state index contributed by atoms with van der Waals surface area (Å²) < 4.78 is 5.08. The quantitative estimate of drug-likeness (QED) is 0.583. The number of carbonyl (C=O) groups is 2. The zero-order chi connectivity index (χ0) is 19.8.